The molecule has 0 fully saturated rings. The van der Waals surface area contributed by atoms with Crippen LogP contribution in [0.5, 0.6) is 0 Å². The van der Waals surface area contributed by atoms with Crippen LogP contribution in [-0.2, 0) is 0 Å². The zero-order valence-electron chi connectivity index (χ0n) is 6.56. The van der Waals surface area contributed by atoms with Gasteiger partial charge in [-0.3, -0.25) is 0 Å². The molecule has 0 aromatic carbocycles. The molecule has 0 saturated heterocycles. The van der Waals surface area contributed by atoms with Gasteiger partial charge in [-0.2, -0.15) is 0 Å². The van der Waals surface area contributed by atoms with E-state index in [-0.39, 0.29) is 7.43 Å². The molecule has 0 aliphatic carbocycles. The third-order valence-corrected chi connectivity index (χ3v) is 1.80. The van der Waals surface area contributed by atoms with Gasteiger partial charge in [-0.05, 0) is 12.3 Å². The highest BCUT2D eigenvalue weighted by Gasteiger charge is 2.01. The first-order chi connectivity index (χ1) is 4.35. The van der Waals surface area contributed by atoms with Crippen molar-refractivity contribution in [1.82, 2.24) is 0 Å². The van der Waals surface area contributed by atoms with Crippen molar-refractivity contribution in [3.63, 3.8) is 0 Å². The van der Waals surface area contributed by atoms with Gasteiger partial charge in [-0.25, -0.2) is 0 Å². The van der Waals surface area contributed by atoms with Crippen molar-refractivity contribution < 1.29 is 5.11 Å². The van der Waals surface area contributed by atoms with Gasteiger partial charge in [0, 0.05) is 6.61 Å². The van der Waals surface area contributed by atoms with E-state index >= 15 is 0 Å². The molecular formula is C9H22O. The Labute approximate surface area is 65.5 Å². The molecule has 0 saturated carbocycles. The molecule has 0 rings (SSSR count). The average molecular weight is 146 g/mol. The van der Waals surface area contributed by atoms with Crippen LogP contribution in [0.1, 0.15) is 47.0 Å². The number of hydrogen-bond donors (Lipinski definition) is 1. The van der Waals surface area contributed by atoms with Gasteiger partial charge in [0.25, 0.3) is 0 Å². The fraction of sp³-hybridized carbons (Fsp3) is 1.00. The Kier molecular flexibility index (Phi) is 11.3. The lowest BCUT2D eigenvalue weighted by Crippen LogP contribution is -2.03. The van der Waals surface area contributed by atoms with Gasteiger partial charge in [0.1, 0.15) is 0 Å². The number of rotatable bonds is 5. The van der Waals surface area contributed by atoms with E-state index in [0.29, 0.717) is 12.5 Å². The molecule has 64 valence electrons. The fourth-order valence-electron chi connectivity index (χ4n) is 0.917. The van der Waals surface area contributed by atoms with E-state index in [1.54, 1.807) is 0 Å². The summed E-state index contributed by atoms with van der Waals surface area (Å²) in [7, 11) is 0. The second kappa shape index (κ2) is 8.96. The van der Waals surface area contributed by atoms with Gasteiger partial charge in [-0.1, -0.05) is 40.5 Å². The van der Waals surface area contributed by atoms with Gasteiger partial charge in [0.2, 0.25) is 0 Å². The molecule has 0 aromatic rings. The van der Waals surface area contributed by atoms with E-state index in [1.165, 1.54) is 19.3 Å². The van der Waals surface area contributed by atoms with E-state index in [0.717, 1.165) is 6.42 Å². The van der Waals surface area contributed by atoms with Crippen molar-refractivity contribution in [2.24, 2.45) is 5.92 Å². The third kappa shape index (κ3) is 6.09. The smallest absolute Gasteiger partial charge is 0.0459 e. The van der Waals surface area contributed by atoms with E-state index in [2.05, 4.69) is 13.8 Å². The summed E-state index contributed by atoms with van der Waals surface area (Å²) in [5.41, 5.74) is 0. The molecule has 0 radical (unpaired) electrons. The summed E-state index contributed by atoms with van der Waals surface area (Å²) < 4.78 is 0. The maximum Gasteiger partial charge on any atom is 0.0459 e. The van der Waals surface area contributed by atoms with Gasteiger partial charge < -0.3 is 5.11 Å². The largest absolute Gasteiger partial charge is 0.396 e. The molecule has 0 aliphatic heterocycles. The SMILES string of the molecule is C.CCCCC(CC)CO. The second-order valence-corrected chi connectivity index (χ2v) is 2.60. The molecule has 10 heavy (non-hydrogen) atoms. The lowest BCUT2D eigenvalue weighted by atomic mass is 10.0. The van der Waals surface area contributed by atoms with Crippen molar-refractivity contribution in [3.05, 3.63) is 0 Å². The Hall–Kier alpha value is -0.0400. The second-order valence-electron chi connectivity index (χ2n) is 2.60. The molecule has 1 atom stereocenters. The van der Waals surface area contributed by atoms with E-state index in [9.17, 15) is 0 Å². The molecule has 1 nitrogen and oxygen atoms in total. The summed E-state index contributed by atoms with van der Waals surface area (Å²) in [4.78, 5) is 0. The number of hydrogen-bond acceptors (Lipinski definition) is 1. The molecular weight excluding hydrogens is 124 g/mol. The summed E-state index contributed by atoms with van der Waals surface area (Å²) in [6, 6.07) is 0. The molecule has 1 unspecified atom stereocenters. The summed E-state index contributed by atoms with van der Waals surface area (Å²) in [6.45, 7) is 4.69. The normalized spacial score (nSPS) is 12.3. The van der Waals surface area contributed by atoms with Crippen LogP contribution in [0.2, 0.25) is 0 Å². The van der Waals surface area contributed by atoms with Crippen LogP contribution >= 0.6 is 0 Å². The molecule has 0 bridgehead atoms. The Morgan fingerprint density at radius 3 is 2.20 bits per heavy atom. The molecule has 1 heteroatoms. The number of aliphatic hydroxyl groups is 1. The van der Waals surface area contributed by atoms with Gasteiger partial charge in [0.05, 0.1) is 0 Å². The topological polar surface area (TPSA) is 20.2 Å². The van der Waals surface area contributed by atoms with Crippen LogP contribution in [0.15, 0.2) is 0 Å². The number of aliphatic hydroxyl groups excluding tert-OH is 1. The van der Waals surface area contributed by atoms with E-state index in [4.69, 9.17) is 5.11 Å². The minimum Gasteiger partial charge on any atom is -0.396 e. The Bertz CT molecular complexity index is 48.7. The van der Waals surface area contributed by atoms with E-state index < -0.39 is 0 Å². The standard InChI is InChI=1S/C8H18O.CH4/c1-3-5-6-8(4-2)7-9;/h8-9H,3-7H2,1-2H3;1H4. The van der Waals surface area contributed by atoms with E-state index in [1.807, 2.05) is 0 Å². The molecule has 0 spiro atoms. The summed E-state index contributed by atoms with van der Waals surface area (Å²) in [5, 5.41) is 8.75. The summed E-state index contributed by atoms with van der Waals surface area (Å²) in [5.74, 6) is 0.560. The van der Waals surface area contributed by atoms with Crippen molar-refractivity contribution in [2.75, 3.05) is 6.61 Å². The lowest BCUT2D eigenvalue weighted by molar-refractivity contribution is 0.212. The van der Waals surface area contributed by atoms with Crippen LogP contribution in [0.4, 0.5) is 0 Å². The minimum absolute atomic E-state index is 0. The first-order valence-electron chi connectivity index (χ1n) is 3.96. The van der Waals surface area contributed by atoms with Crippen molar-refractivity contribution >= 4 is 0 Å². The van der Waals surface area contributed by atoms with Crippen LogP contribution in [0.3, 0.4) is 0 Å². The maximum absolute atomic E-state index is 8.75. The van der Waals surface area contributed by atoms with Crippen molar-refractivity contribution in [1.29, 1.82) is 0 Å². The Morgan fingerprint density at radius 2 is 1.90 bits per heavy atom. The maximum atomic E-state index is 8.75. The van der Waals surface area contributed by atoms with Crippen LogP contribution in [-0.4, -0.2) is 11.7 Å². The van der Waals surface area contributed by atoms with Gasteiger partial charge >= 0.3 is 0 Å². The quantitative estimate of drug-likeness (QED) is 0.632. The zero-order valence-corrected chi connectivity index (χ0v) is 6.56. The van der Waals surface area contributed by atoms with Crippen LogP contribution in [0, 0.1) is 5.92 Å². The fourth-order valence-corrected chi connectivity index (χ4v) is 0.917. The first kappa shape index (κ1) is 12.6. The summed E-state index contributed by atoms with van der Waals surface area (Å²) in [6.07, 6.45) is 4.83. The highest BCUT2D eigenvalue weighted by molar-refractivity contribution is 4.53. The molecule has 0 amide bonds. The highest BCUT2D eigenvalue weighted by atomic mass is 16.3. The number of unbranched alkanes of at least 4 members (excludes halogenated alkanes) is 1. The van der Waals surface area contributed by atoms with Crippen LogP contribution in [0.25, 0.3) is 0 Å². The van der Waals surface area contributed by atoms with Crippen molar-refractivity contribution in [3.8, 4) is 0 Å². The average Bonchev–Trinajstić information content (AvgIpc) is 1.91. The first-order valence-corrected chi connectivity index (χ1v) is 3.96. The third-order valence-electron chi connectivity index (χ3n) is 1.80. The summed E-state index contributed by atoms with van der Waals surface area (Å²) >= 11 is 0. The zero-order chi connectivity index (χ0) is 7.11. The monoisotopic (exact) mass is 146 g/mol. The molecule has 1 N–H and O–H groups in total. The molecule has 0 aliphatic rings. The van der Waals surface area contributed by atoms with Crippen LogP contribution < -0.4 is 0 Å². The van der Waals surface area contributed by atoms with Gasteiger partial charge in [-0.15, -0.1) is 0 Å². The molecule has 0 heterocycles. The van der Waals surface area contributed by atoms with Gasteiger partial charge in [0.15, 0.2) is 0 Å². The molecule has 0 aromatic heterocycles. The lowest BCUT2D eigenvalue weighted by Gasteiger charge is -2.08. The Morgan fingerprint density at radius 1 is 1.30 bits per heavy atom. The highest BCUT2D eigenvalue weighted by Crippen LogP contribution is 2.10. The van der Waals surface area contributed by atoms with Crippen molar-refractivity contribution in [2.45, 2.75) is 47.0 Å². The predicted octanol–water partition coefficient (Wildman–Crippen LogP) is 2.83. The predicted molar refractivity (Wildman–Crippen MR) is 47.1 cm³/mol. The minimum atomic E-state index is 0. The Balaban J connectivity index is 0.